The van der Waals surface area contributed by atoms with Gasteiger partial charge in [0.05, 0.1) is 17.5 Å². The number of sulfonamides is 1. The van der Waals surface area contributed by atoms with Crippen LogP contribution in [0, 0.1) is 0 Å². The average Bonchev–Trinajstić information content (AvgIpc) is 2.97. The largest absolute Gasteiger partial charge is 0.494 e. The Hall–Kier alpha value is -1.83. The van der Waals surface area contributed by atoms with Gasteiger partial charge in [0.15, 0.2) is 0 Å². The summed E-state index contributed by atoms with van der Waals surface area (Å²) < 4.78 is 36.3. The van der Waals surface area contributed by atoms with E-state index >= 15 is 0 Å². The third-order valence-corrected chi connectivity index (χ3v) is 6.92. The van der Waals surface area contributed by atoms with Gasteiger partial charge in [0, 0.05) is 25.5 Å². The summed E-state index contributed by atoms with van der Waals surface area (Å²) in [6.45, 7) is 5.02. The van der Waals surface area contributed by atoms with Gasteiger partial charge in [-0.2, -0.15) is 0 Å². The maximum Gasteiger partial charge on any atom is 0.240 e. The number of likely N-dealkylation sites (tertiary alicyclic amines) is 1. The summed E-state index contributed by atoms with van der Waals surface area (Å²) >= 11 is 0. The van der Waals surface area contributed by atoms with Crippen molar-refractivity contribution in [3.05, 3.63) is 48.3 Å². The lowest BCUT2D eigenvalue weighted by Gasteiger charge is -2.31. The fourth-order valence-electron chi connectivity index (χ4n) is 3.85. The molecular formula is C22H33N3O3S. The lowest BCUT2D eigenvalue weighted by atomic mass is 10.1. The molecule has 0 saturated carbocycles. The Labute approximate surface area is 174 Å². The molecule has 0 radical (unpaired) electrons. The molecule has 1 aromatic heterocycles. The van der Waals surface area contributed by atoms with E-state index in [1.165, 1.54) is 12.8 Å². The monoisotopic (exact) mass is 419 g/mol. The molecule has 160 valence electrons. The van der Waals surface area contributed by atoms with E-state index in [2.05, 4.69) is 20.3 Å². The molecule has 2 aromatic rings. The van der Waals surface area contributed by atoms with Crippen molar-refractivity contribution in [1.29, 1.82) is 0 Å². The van der Waals surface area contributed by atoms with Crippen LogP contribution < -0.4 is 9.46 Å². The van der Waals surface area contributed by atoms with Gasteiger partial charge in [0.25, 0.3) is 0 Å². The van der Waals surface area contributed by atoms with Crippen LogP contribution in [0.3, 0.4) is 0 Å². The van der Waals surface area contributed by atoms with Crippen molar-refractivity contribution >= 4 is 10.0 Å². The van der Waals surface area contributed by atoms with Crippen LogP contribution in [-0.2, 0) is 17.1 Å². The highest BCUT2D eigenvalue weighted by Gasteiger charge is 2.25. The van der Waals surface area contributed by atoms with Crippen LogP contribution >= 0.6 is 0 Å². The Morgan fingerprint density at radius 1 is 1.07 bits per heavy atom. The molecule has 0 spiro atoms. The van der Waals surface area contributed by atoms with Gasteiger partial charge >= 0.3 is 0 Å². The lowest BCUT2D eigenvalue weighted by Crippen LogP contribution is -2.39. The van der Waals surface area contributed by atoms with Crippen LogP contribution in [0.1, 0.15) is 50.8 Å². The van der Waals surface area contributed by atoms with Gasteiger partial charge in [0.2, 0.25) is 10.0 Å². The topological polar surface area (TPSA) is 63.6 Å². The number of aryl methyl sites for hydroxylation is 1. The van der Waals surface area contributed by atoms with Crippen LogP contribution in [0.2, 0.25) is 0 Å². The second-order valence-corrected chi connectivity index (χ2v) is 9.45. The van der Waals surface area contributed by atoms with Crippen molar-refractivity contribution in [3.63, 3.8) is 0 Å². The van der Waals surface area contributed by atoms with Gasteiger partial charge in [-0.1, -0.05) is 19.8 Å². The normalized spacial score (nSPS) is 17.0. The molecule has 3 rings (SSSR count). The molecule has 1 fully saturated rings. The minimum atomic E-state index is -3.59. The van der Waals surface area contributed by atoms with E-state index in [0.29, 0.717) is 18.9 Å². The molecule has 0 aliphatic carbocycles. The molecule has 1 saturated heterocycles. The van der Waals surface area contributed by atoms with Crippen molar-refractivity contribution in [3.8, 4) is 5.75 Å². The molecule has 1 aromatic carbocycles. The number of aromatic nitrogens is 1. The minimum absolute atomic E-state index is 0.0232. The second kappa shape index (κ2) is 10.3. The summed E-state index contributed by atoms with van der Waals surface area (Å²) in [4.78, 5) is 2.69. The van der Waals surface area contributed by atoms with E-state index < -0.39 is 10.0 Å². The molecule has 7 heteroatoms. The number of nitrogens with one attached hydrogen (secondary N) is 1. The molecule has 1 aliphatic heterocycles. The maximum absolute atomic E-state index is 12.9. The Morgan fingerprint density at radius 2 is 1.76 bits per heavy atom. The van der Waals surface area contributed by atoms with Crippen LogP contribution in [0.5, 0.6) is 5.75 Å². The smallest absolute Gasteiger partial charge is 0.240 e. The van der Waals surface area contributed by atoms with Gasteiger partial charge in [-0.25, -0.2) is 13.1 Å². The van der Waals surface area contributed by atoms with Crippen molar-refractivity contribution < 1.29 is 13.2 Å². The lowest BCUT2D eigenvalue weighted by molar-refractivity contribution is 0.199. The molecule has 0 amide bonds. The Bertz CT molecular complexity index is 854. The molecule has 1 N–H and O–H groups in total. The van der Waals surface area contributed by atoms with Gasteiger partial charge in [-0.05, 0) is 68.8 Å². The number of ether oxygens (including phenoxy) is 1. The summed E-state index contributed by atoms with van der Waals surface area (Å²) in [5.41, 5.74) is 1.14. The standard InChI is InChI=1S/C22H33N3O3S/c1-3-17-28-19-10-12-20(13-11-19)29(26,27)23-18-22(21-9-8-14-24(21)2)25-15-6-4-5-7-16-25/h8-14,22-23H,3-7,15-18H2,1-2H3. The summed E-state index contributed by atoms with van der Waals surface area (Å²) in [5, 5.41) is 0. The van der Waals surface area contributed by atoms with E-state index in [4.69, 9.17) is 4.74 Å². The SMILES string of the molecule is CCCOc1ccc(S(=O)(=O)NCC(c2cccn2C)N2CCCCCC2)cc1. The number of nitrogens with zero attached hydrogens (tertiary/aromatic N) is 2. The van der Waals surface area contributed by atoms with Crippen LogP contribution in [0.15, 0.2) is 47.5 Å². The first-order valence-corrected chi connectivity index (χ1v) is 12.1. The highest BCUT2D eigenvalue weighted by atomic mass is 32.2. The van der Waals surface area contributed by atoms with Gasteiger partial charge in [-0.15, -0.1) is 0 Å². The van der Waals surface area contributed by atoms with E-state index in [1.54, 1.807) is 24.3 Å². The Morgan fingerprint density at radius 3 is 2.34 bits per heavy atom. The van der Waals surface area contributed by atoms with E-state index in [1.807, 2.05) is 26.2 Å². The van der Waals surface area contributed by atoms with Crippen molar-refractivity contribution in [1.82, 2.24) is 14.2 Å². The van der Waals surface area contributed by atoms with Crippen molar-refractivity contribution in [2.45, 2.75) is 50.0 Å². The Balaban J connectivity index is 1.73. The Kier molecular flexibility index (Phi) is 7.75. The second-order valence-electron chi connectivity index (χ2n) is 7.68. The maximum atomic E-state index is 12.9. The quantitative estimate of drug-likeness (QED) is 0.673. The van der Waals surface area contributed by atoms with Crippen LogP contribution in [-0.4, -0.2) is 44.1 Å². The predicted molar refractivity (Wildman–Crippen MR) is 116 cm³/mol. The van der Waals surface area contributed by atoms with Crippen LogP contribution in [0.4, 0.5) is 0 Å². The van der Waals surface area contributed by atoms with Gasteiger partial charge in [-0.3, -0.25) is 4.90 Å². The fraction of sp³-hybridized carbons (Fsp3) is 0.545. The van der Waals surface area contributed by atoms with Crippen molar-refractivity contribution in [2.75, 3.05) is 26.2 Å². The highest BCUT2D eigenvalue weighted by molar-refractivity contribution is 7.89. The van der Waals surface area contributed by atoms with Crippen LogP contribution in [0.25, 0.3) is 0 Å². The molecule has 29 heavy (non-hydrogen) atoms. The molecule has 1 unspecified atom stereocenters. The predicted octanol–water partition coefficient (Wildman–Crippen LogP) is 3.71. The fourth-order valence-corrected chi connectivity index (χ4v) is 4.89. The van der Waals surface area contributed by atoms with E-state index in [-0.39, 0.29) is 10.9 Å². The number of rotatable bonds is 9. The first-order valence-electron chi connectivity index (χ1n) is 10.6. The van der Waals surface area contributed by atoms with Gasteiger partial charge in [0.1, 0.15) is 5.75 Å². The zero-order valence-electron chi connectivity index (χ0n) is 17.5. The summed E-state index contributed by atoms with van der Waals surface area (Å²) in [7, 11) is -1.57. The zero-order chi connectivity index (χ0) is 20.7. The zero-order valence-corrected chi connectivity index (χ0v) is 18.3. The molecule has 2 heterocycles. The molecule has 6 nitrogen and oxygen atoms in total. The first-order chi connectivity index (χ1) is 14.0. The number of benzene rings is 1. The summed E-state index contributed by atoms with van der Waals surface area (Å²) in [6.07, 6.45) is 7.74. The van der Waals surface area contributed by atoms with E-state index in [0.717, 1.165) is 38.0 Å². The third kappa shape index (κ3) is 5.84. The molecule has 0 bridgehead atoms. The summed E-state index contributed by atoms with van der Waals surface area (Å²) in [5.74, 6) is 0.692. The van der Waals surface area contributed by atoms with Crippen molar-refractivity contribution in [2.24, 2.45) is 7.05 Å². The summed E-state index contributed by atoms with van der Waals surface area (Å²) in [6, 6.07) is 10.8. The minimum Gasteiger partial charge on any atom is -0.494 e. The number of hydrogen-bond acceptors (Lipinski definition) is 4. The molecular weight excluding hydrogens is 386 g/mol. The third-order valence-electron chi connectivity index (χ3n) is 5.48. The van der Waals surface area contributed by atoms with Gasteiger partial charge < -0.3 is 9.30 Å². The average molecular weight is 420 g/mol. The first kappa shape index (κ1) is 21.9. The highest BCUT2D eigenvalue weighted by Crippen LogP contribution is 2.25. The molecule has 1 atom stereocenters. The molecule has 1 aliphatic rings. The number of hydrogen-bond donors (Lipinski definition) is 1. The van der Waals surface area contributed by atoms with E-state index in [9.17, 15) is 8.42 Å².